The van der Waals surface area contributed by atoms with Crippen LogP contribution in [0.5, 0.6) is 0 Å². The second kappa shape index (κ2) is 5.16. The van der Waals surface area contributed by atoms with E-state index in [0.717, 1.165) is 6.42 Å². The molecule has 1 aliphatic rings. The van der Waals surface area contributed by atoms with Crippen molar-refractivity contribution in [3.8, 4) is 0 Å². The van der Waals surface area contributed by atoms with Crippen molar-refractivity contribution in [1.82, 2.24) is 0 Å². The van der Waals surface area contributed by atoms with Crippen LogP contribution >= 0.6 is 0 Å². The number of hydrogen-bond donors (Lipinski definition) is 0. The molecule has 2 atom stereocenters. The molecule has 1 fully saturated rings. The van der Waals surface area contributed by atoms with Gasteiger partial charge >= 0.3 is 5.97 Å². The summed E-state index contributed by atoms with van der Waals surface area (Å²) in [6.07, 6.45) is 1.05. The van der Waals surface area contributed by atoms with Gasteiger partial charge < -0.3 is 4.74 Å². The van der Waals surface area contributed by atoms with E-state index in [1.807, 2.05) is 20.8 Å². The Bertz CT molecular complexity index is 121. The van der Waals surface area contributed by atoms with Crippen molar-refractivity contribution in [2.75, 3.05) is 6.61 Å². The molecule has 1 heterocycles. The predicted molar refractivity (Wildman–Crippen MR) is 45.3 cm³/mol. The molecule has 1 aliphatic heterocycles. The third-order valence-electron chi connectivity index (χ3n) is 2.04. The zero-order chi connectivity index (χ0) is 8.85. The van der Waals surface area contributed by atoms with Crippen LogP contribution in [0.4, 0.5) is 0 Å². The first-order valence-electron chi connectivity index (χ1n) is 4.42. The van der Waals surface area contributed by atoms with Crippen LogP contribution in [0.15, 0.2) is 0 Å². The molecule has 2 nitrogen and oxygen atoms in total. The molecule has 11 heavy (non-hydrogen) atoms. The summed E-state index contributed by atoms with van der Waals surface area (Å²) in [5.41, 5.74) is 0. The second-order valence-corrected chi connectivity index (χ2v) is 2.59. The van der Waals surface area contributed by atoms with Gasteiger partial charge in [-0.15, -0.1) is 0 Å². The summed E-state index contributed by atoms with van der Waals surface area (Å²) in [5.74, 6) is 0.578. The van der Waals surface area contributed by atoms with Gasteiger partial charge in [0.15, 0.2) is 0 Å². The monoisotopic (exact) mass is 158 g/mol. The fourth-order valence-electron chi connectivity index (χ4n) is 1.13. The molecule has 0 aromatic carbocycles. The molecule has 0 radical (unpaired) electrons. The molecule has 66 valence electrons. The number of carbonyl (C=O) groups is 1. The van der Waals surface area contributed by atoms with Crippen LogP contribution in [0.3, 0.4) is 0 Å². The van der Waals surface area contributed by atoms with Gasteiger partial charge in [0.1, 0.15) is 0 Å². The second-order valence-electron chi connectivity index (χ2n) is 2.59. The van der Waals surface area contributed by atoms with Gasteiger partial charge in [0.2, 0.25) is 0 Å². The lowest BCUT2D eigenvalue weighted by atomic mass is 9.95. The number of carbonyl (C=O) groups excluding carboxylic acids is 1. The highest BCUT2D eigenvalue weighted by molar-refractivity contribution is 5.74. The molecule has 0 amide bonds. The fourth-order valence-corrected chi connectivity index (χ4v) is 1.13. The van der Waals surface area contributed by atoms with E-state index in [1.54, 1.807) is 0 Å². The Morgan fingerprint density at radius 1 is 1.55 bits per heavy atom. The summed E-state index contributed by atoms with van der Waals surface area (Å²) in [7, 11) is 0. The number of hydrogen-bond acceptors (Lipinski definition) is 2. The van der Waals surface area contributed by atoms with Crippen LogP contribution in [0, 0.1) is 11.8 Å². The lowest BCUT2D eigenvalue weighted by molar-refractivity contribution is -0.140. The third-order valence-corrected chi connectivity index (χ3v) is 2.04. The summed E-state index contributed by atoms with van der Waals surface area (Å²) in [6.45, 7) is 8.66. The fraction of sp³-hybridized carbons (Fsp3) is 0.889. The Kier molecular flexibility index (Phi) is 4.92. The number of cyclic esters (lactones) is 1. The molecule has 2 unspecified atom stereocenters. The van der Waals surface area contributed by atoms with Crippen molar-refractivity contribution in [3.63, 3.8) is 0 Å². The molecular weight excluding hydrogens is 140 g/mol. The van der Waals surface area contributed by atoms with Crippen LogP contribution in [0.2, 0.25) is 0 Å². The van der Waals surface area contributed by atoms with Crippen molar-refractivity contribution >= 4 is 5.97 Å². The van der Waals surface area contributed by atoms with Crippen LogP contribution in [-0.2, 0) is 9.53 Å². The Hall–Kier alpha value is -0.530. The average molecular weight is 158 g/mol. The van der Waals surface area contributed by atoms with Crippen LogP contribution in [0.25, 0.3) is 0 Å². The highest BCUT2D eigenvalue weighted by Gasteiger charge is 2.31. The van der Waals surface area contributed by atoms with Crippen LogP contribution < -0.4 is 0 Å². The number of ether oxygens (including phenoxy) is 1. The van der Waals surface area contributed by atoms with E-state index in [2.05, 4.69) is 6.92 Å². The SMILES string of the molecule is CC.CCC1COC(=O)C1C. The van der Waals surface area contributed by atoms with Gasteiger partial charge in [-0.1, -0.05) is 27.7 Å². The average Bonchev–Trinajstić information content (AvgIpc) is 2.37. The maximum Gasteiger partial charge on any atom is 0.309 e. The molecule has 0 spiro atoms. The molecule has 0 aromatic heterocycles. The van der Waals surface area contributed by atoms with E-state index < -0.39 is 0 Å². The standard InChI is InChI=1S/C7H12O2.C2H6/c1-3-6-4-9-7(8)5(6)2;1-2/h5-6H,3-4H2,1-2H3;1-2H3. The highest BCUT2D eigenvalue weighted by atomic mass is 16.5. The normalized spacial score (nSPS) is 28.9. The van der Waals surface area contributed by atoms with E-state index in [9.17, 15) is 4.79 Å². The van der Waals surface area contributed by atoms with E-state index >= 15 is 0 Å². The minimum absolute atomic E-state index is 0.0261. The third kappa shape index (κ3) is 2.52. The first kappa shape index (κ1) is 10.5. The van der Waals surface area contributed by atoms with Crippen molar-refractivity contribution in [3.05, 3.63) is 0 Å². The van der Waals surface area contributed by atoms with Gasteiger partial charge in [-0.05, 0) is 6.42 Å². The quantitative estimate of drug-likeness (QED) is 0.547. The molecule has 1 rings (SSSR count). The van der Waals surface area contributed by atoms with Crippen molar-refractivity contribution in [2.45, 2.75) is 34.1 Å². The topological polar surface area (TPSA) is 26.3 Å². The molecule has 2 heteroatoms. The van der Waals surface area contributed by atoms with Crippen molar-refractivity contribution in [2.24, 2.45) is 11.8 Å². The van der Waals surface area contributed by atoms with Crippen LogP contribution in [-0.4, -0.2) is 12.6 Å². The van der Waals surface area contributed by atoms with Gasteiger partial charge in [0.05, 0.1) is 12.5 Å². The number of rotatable bonds is 1. The van der Waals surface area contributed by atoms with Gasteiger partial charge in [-0.25, -0.2) is 0 Å². The molecular formula is C9H18O2. The smallest absolute Gasteiger partial charge is 0.309 e. The summed E-state index contributed by atoms with van der Waals surface area (Å²) >= 11 is 0. The highest BCUT2D eigenvalue weighted by Crippen LogP contribution is 2.23. The summed E-state index contributed by atoms with van der Waals surface area (Å²) in [6, 6.07) is 0. The van der Waals surface area contributed by atoms with Gasteiger partial charge in [-0.2, -0.15) is 0 Å². The van der Waals surface area contributed by atoms with E-state index in [1.165, 1.54) is 0 Å². The summed E-state index contributed by atoms with van der Waals surface area (Å²) < 4.78 is 4.83. The maximum absolute atomic E-state index is 10.7. The zero-order valence-electron chi connectivity index (χ0n) is 7.89. The molecule has 1 saturated heterocycles. The molecule has 0 aromatic rings. The Labute approximate surface area is 68.9 Å². The maximum atomic E-state index is 10.7. The van der Waals surface area contributed by atoms with Crippen LogP contribution in [0.1, 0.15) is 34.1 Å². The minimum Gasteiger partial charge on any atom is -0.465 e. The lowest BCUT2D eigenvalue weighted by Gasteiger charge is -2.04. The first-order chi connectivity index (χ1) is 5.25. The first-order valence-corrected chi connectivity index (χ1v) is 4.42. The molecule has 0 aliphatic carbocycles. The van der Waals surface area contributed by atoms with Gasteiger partial charge in [-0.3, -0.25) is 4.79 Å². The lowest BCUT2D eigenvalue weighted by Crippen LogP contribution is -2.10. The Balaban J connectivity index is 0.000000461. The van der Waals surface area contributed by atoms with Gasteiger partial charge in [0, 0.05) is 5.92 Å². The summed E-state index contributed by atoms with van der Waals surface area (Å²) in [5, 5.41) is 0. The van der Waals surface area contributed by atoms with E-state index in [0.29, 0.717) is 12.5 Å². The minimum atomic E-state index is -0.0261. The molecule has 0 saturated carbocycles. The van der Waals surface area contributed by atoms with Crippen molar-refractivity contribution < 1.29 is 9.53 Å². The summed E-state index contributed by atoms with van der Waals surface area (Å²) in [4.78, 5) is 10.7. The number of esters is 1. The Morgan fingerprint density at radius 3 is 2.27 bits per heavy atom. The van der Waals surface area contributed by atoms with Gasteiger partial charge in [0.25, 0.3) is 0 Å². The van der Waals surface area contributed by atoms with Crippen molar-refractivity contribution in [1.29, 1.82) is 0 Å². The Morgan fingerprint density at radius 2 is 2.09 bits per heavy atom. The van der Waals surface area contributed by atoms with E-state index in [-0.39, 0.29) is 11.9 Å². The zero-order valence-corrected chi connectivity index (χ0v) is 7.89. The largest absolute Gasteiger partial charge is 0.465 e. The molecule has 0 bridgehead atoms. The van der Waals surface area contributed by atoms with E-state index in [4.69, 9.17) is 4.74 Å². The molecule has 0 N–H and O–H groups in total. The predicted octanol–water partition coefficient (Wildman–Crippen LogP) is 2.23.